The molecule has 0 heterocycles. The third-order valence-electron chi connectivity index (χ3n) is 5.21. The molecule has 2 atom stereocenters. The lowest BCUT2D eigenvalue weighted by Gasteiger charge is -2.16. The minimum absolute atomic E-state index is 0.570. The summed E-state index contributed by atoms with van der Waals surface area (Å²) in [5.41, 5.74) is 8.38. The lowest BCUT2D eigenvalue weighted by atomic mass is 9.89. The predicted molar refractivity (Wildman–Crippen MR) is 117 cm³/mol. The second-order valence-corrected chi connectivity index (χ2v) is 7.58. The van der Waals surface area contributed by atoms with Gasteiger partial charge in [-0.25, -0.2) is 0 Å². The molecule has 0 fully saturated rings. The Morgan fingerprint density at radius 2 is 1.24 bits per heavy atom. The van der Waals surface area contributed by atoms with Crippen LogP contribution in [0, 0.1) is 5.92 Å². The van der Waals surface area contributed by atoms with Gasteiger partial charge in [0.05, 0.1) is 6.54 Å². The van der Waals surface area contributed by atoms with Crippen molar-refractivity contribution in [2.75, 3.05) is 6.54 Å². The molecule has 3 nitrogen and oxygen atoms in total. The molecule has 0 saturated heterocycles. The number of aliphatic carboxylic acids is 1. The lowest BCUT2D eigenvalue weighted by Crippen LogP contribution is -2.53. The first-order valence-electron chi connectivity index (χ1n) is 10.1. The summed E-state index contributed by atoms with van der Waals surface area (Å²) < 4.78 is 0. The van der Waals surface area contributed by atoms with Gasteiger partial charge in [-0.1, -0.05) is 106 Å². The number of benzene rings is 3. The summed E-state index contributed by atoms with van der Waals surface area (Å²) in [7, 11) is 0. The number of quaternary nitrogens is 1. The molecule has 0 aliphatic rings. The highest BCUT2D eigenvalue weighted by atomic mass is 16.4. The monoisotopic (exact) mass is 389 g/mol. The molecule has 0 aromatic heterocycles. The van der Waals surface area contributed by atoms with Gasteiger partial charge < -0.3 is 15.6 Å². The zero-order valence-corrected chi connectivity index (χ0v) is 17.5. The number of carboxylic acids is 1. The summed E-state index contributed by atoms with van der Waals surface area (Å²) in [6, 6.07) is 28.2. The number of rotatable bonds is 6. The van der Waals surface area contributed by atoms with Crippen LogP contribution in [0.5, 0.6) is 0 Å². The molecule has 3 rings (SSSR count). The summed E-state index contributed by atoms with van der Waals surface area (Å²) in [5, 5.41) is 10.7. The van der Waals surface area contributed by atoms with Gasteiger partial charge in [0.15, 0.2) is 0 Å². The maximum Gasteiger partial charge on any atom is 0.0811 e. The standard InChI is InChI=1S/C15H14O2.C11H17N/c1-11(15(16)17)12-7-9-14(10-8-12)13-5-3-2-4-6-13;1-9(2)11(8-12)10-6-4-3-5-7-10/h2-11H,1H3,(H,16,17);3-7,9,11H,8,12H2,1-2H3/t2*11-/m00/s1. The maximum atomic E-state index is 10.7. The zero-order chi connectivity index (χ0) is 21.2. The molecular weight excluding hydrogens is 358 g/mol. The molecule has 0 bridgehead atoms. The predicted octanol–water partition coefficient (Wildman–Crippen LogP) is 3.88. The van der Waals surface area contributed by atoms with E-state index in [1.807, 2.05) is 54.6 Å². The SMILES string of the molecule is CC(C)[C@H](C[NH3+])c1ccccc1.C[C@H](C(=O)[O-])c1ccc(-c2ccccc2)cc1. The van der Waals surface area contributed by atoms with E-state index in [2.05, 4.69) is 49.9 Å². The molecular formula is C26H31NO2. The Labute approximate surface area is 174 Å². The van der Waals surface area contributed by atoms with Crippen molar-refractivity contribution in [3.05, 3.63) is 96.1 Å². The molecule has 3 aromatic carbocycles. The highest BCUT2D eigenvalue weighted by Gasteiger charge is 2.14. The van der Waals surface area contributed by atoms with Gasteiger partial charge in [0, 0.05) is 17.8 Å². The molecule has 0 unspecified atom stereocenters. The van der Waals surface area contributed by atoms with Crippen LogP contribution >= 0.6 is 0 Å². The quantitative estimate of drug-likeness (QED) is 0.695. The van der Waals surface area contributed by atoms with E-state index < -0.39 is 11.9 Å². The van der Waals surface area contributed by atoms with E-state index in [9.17, 15) is 9.90 Å². The van der Waals surface area contributed by atoms with E-state index in [1.54, 1.807) is 6.92 Å². The summed E-state index contributed by atoms with van der Waals surface area (Å²) >= 11 is 0. The Balaban J connectivity index is 0.000000221. The van der Waals surface area contributed by atoms with Gasteiger partial charge >= 0.3 is 0 Å². The van der Waals surface area contributed by atoms with E-state index in [0.29, 0.717) is 11.8 Å². The number of hydrogen-bond acceptors (Lipinski definition) is 2. The van der Waals surface area contributed by atoms with E-state index in [-0.39, 0.29) is 0 Å². The smallest absolute Gasteiger partial charge is 0.0811 e. The first kappa shape index (κ1) is 22.4. The zero-order valence-electron chi connectivity index (χ0n) is 17.5. The molecule has 3 N–H and O–H groups in total. The highest BCUT2D eigenvalue weighted by Crippen LogP contribution is 2.23. The van der Waals surface area contributed by atoms with Crippen molar-refractivity contribution in [2.45, 2.75) is 32.6 Å². The van der Waals surface area contributed by atoms with Gasteiger partial charge in [0.1, 0.15) is 0 Å². The second-order valence-electron chi connectivity index (χ2n) is 7.58. The topological polar surface area (TPSA) is 67.8 Å². The van der Waals surface area contributed by atoms with Crippen LogP contribution in [0.1, 0.15) is 43.7 Å². The van der Waals surface area contributed by atoms with E-state index in [4.69, 9.17) is 0 Å². The fraction of sp³-hybridized carbons (Fsp3) is 0.269. The largest absolute Gasteiger partial charge is 0.550 e. The first-order chi connectivity index (χ1) is 13.9. The van der Waals surface area contributed by atoms with Gasteiger partial charge in [-0.15, -0.1) is 0 Å². The molecule has 3 heteroatoms. The maximum absolute atomic E-state index is 10.7. The van der Waals surface area contributed by atoms with E-state index in [1.165, 1.54) is 5.56 Å². The Bertz CT molecular complexity index is 858. The van der Waals surface area contributed by atoms with Crippen molar-refractivity contribution in [1.29, 1.82) is 0 Å². The van der Waals surface area contributed by atoms with Crippen LogP contribution < -0.4 is 10.8 Å². The number of carbonyl (C=O) groups is 1. The number of hydrogen-bond donors (Lipinski definition) is 1. The van der Waals surface area contributed by atoms with Crippen molar-refractivity contribution < 1.29 is 15.6 Å². The molecule has 0 aliphatic heterocycles. The van der Waals surface area contributed by atoms with Gasteiger partial charge in [-0.3, -0.25) is 0 Å². The number of carbonyl (C=O) groups excluding carboxylic acids is 1. The molecule has 3 aromatic rings. The van der Waals surface area contributed by atoms with Gasteiger partial charge in [0.2, 0.25) is 0 Å². The number of carboxylic acid groups (broad SMARTS) is 1. The van der Waals surface area contributed by atoms with Crippen LogP contribution in [0.4, 0.5) is 0 Å². The van der Waals surface area contributed by atoms with Crippen LogP contribution in [0.2, 0.25) is 0 Å². The summed E-state index contributed by atoms with van der Waals surface area (Å²) in [5.74, 6) is -0.312. The minimum atomic E-state index is -1.04. The van der Waals surface area contributed by atoms with Crippen LogP contribution in [-0.2, 0) is 4.79 Å². The Morgan fingerprint density at radius 1 is 0.759 bits per heavy atom. The molecule has 0 amide bonds. The fourth-order valence-electron chi connectivity index (χ4n) is 3.32. The highest BCUT2D eigenvalue weighted by molar-refractivity contribution is 5.74. The van der Waals surface area contributed by atoms with E-state index >= 15 is 0 Å². The second kappa shape index (κ2) is 11.2. The fourth-order valence-corrected chi connectivity index (χ4v) is 3.32. The minimum Gasteiger partial charge on any atom is -0.550 e. The third-order valence-corrected chi connectivity index (χ3v) is 5.21. The average molecular weight is 390 g/mol. The summed E-state index contributed by atoms with van der Waals surface area (Å²) in [6.45, 7) is 7.13. The Morgan fingerprint density at radius 3 is 1.69 bits per heavy atom. The summed E-state index contributed by atoms with van der Waals surface area (Å²) in [6.07, 6.45) is 0. The van der Waals surface area contributed by atoms with Crippen molar-refractivity contribution in [3.63, 3.8) is 0 Å². The third kappa shape index (κ3) is 6.58. The van der Waals surface area contributed by atoms with Crippen LogP contribution in [-0.4, -0.2) is 12.5 Å². The lowest BCUT2D eigenvalue weighted by molar-refractivity contribution is -0.374. The van der Waals surface area contributed by atoms with Crippen molar-refractivity contribution in [3.8, 4) is 11.1 Å². The van der Waals surface area contributed by atoms with E-state index in [0.717, 1.165) is 23.2 Å². The van der Waals surface area contributed by atoms with Crippen LogP contribution in [0.15, 0.2) is 84.9 Å². The van der Waals surface area contributed by atoms with Gasteiger partial charge in [0.25, 0.3) is 0 Å². The molecule has 29 heavy (non-hydrogen) atoms. The molecule has 0 radical (unpaired) electrons. The van der Waals surface area contributed by atoms with Gasteiger partial charge in [-0.05, 0) is 28.2 Å². The molecule has 152 valence electrons. The Hall–Kier alpha value is -2.91. The molecule has 0 spiro atoms. The molecule has 0 aliphatic carbocycles. The van der Waals surface area contributed by atoms with Crippen molar-refractivity contribution in [2.24, 2.45) is 5.92 Å². The summed E-state index contributed by atoms with van der Waals surface area (Å²) in [4.78, 5) is 10.7. The van der Waals surface area contributed by atoms with Gasteiger partial charge in [-0.2, -0.15) is 0 Å². The Kier molecular flexibility index (Phi) is 8.63. The van der Waals surface area contributed by atoms with Crippen molar-refractivity contribution >= 4 is 5.97 Å². The van der Waals surface area contributed by atoms with Crippen molar-refractivity contribution in [1.82, 2.24) is 0 Å². The molecule has 0 saturated carbocycles. The van der Waals surface area contributed by atoms with Crippen LogP contribution in [0.3, 0.4) is 0 Å². The average Bonchev–Trinajstić information content (AvgIpc) is 2.75. The normalized spacial score (nSPS) is 12.6. The first-order valence-corrected chi connectivity index (χ1v) is 10.1. The van der Waals surface area contributed by atoms with Crippen LogP contribution in [0.25, 0.3) is 11.1 Å².